The third kappa shape index (κ3) is 3.43. The number of aromatic amines is 1. The van der Waals surface area contributed by atoms with E-state index in [0.717, 1.165) is 15.9 Å². The van der Waals surface area contributed by atoms with Gasteiger partial charge in [0.05, 0.1) is 0 Å². The molecular formula is C13H16BrN5O. The topological polar surface area (TPSA) is 96.7 Å². The van der Waals surface area contributed by atoms with Crippen molar-refractivity contribution in [1.82, 2.24) is 20.5 Å². The van der Waals surface area contributed by atoms with Gasteiger partial charge in [0.15, 0.2) is 0 Å². The van der Waals surface area contributed by atoms with Crippen LogP contribution in [0.3, 0.4) is 0 Å². The Morgan fingerprint density at radius 3 is 2.75 bits per heavy atom. The minimum atomic E-state index is -1.07. The first-order valence-corrected chi connectivity index (χ1v) is 6.97. The van der Waals surface area contributed by atoms with Crippen molar-refractivity contribution in [1.29, 1.82) is 0 Å². The van der Waals surface area contributed by atoms with Crippen LogP contribution in [0.1, 0.15) is 18.3 Å². The van der Waals surface area contributed by atoms with Crippen LogP contribution in [0, 0.1) is 0 Å². The lowest BCUT2D eigenvalue weighted by atomic mass is 9.92. The summed E-state index contributed by atoms with van der Waals surface area (Å²) in [6.45, 7) is 2.15. The number of halogens is 1. The first kappa shape index (κ1) is 14.7. The zero-order valence-electron chi connectivity index (χ0n) is 11.1. The molecule has 0 bridgehead atoms. The van der Waals surface area contributed by atoms with Gasteiger partial charge >= 0.3 is 0 Å². The second-order valence-corrected chi connectivity index (χ2v) is 5.56. The molecule has 6 nitrogen and oxygen atoms in total. The minimum Gasteiger partial charge on any atom is -0.354 e. The van der Waals surface area contributed by atoms with E-state index in [2.05, 4.69) is 36.4 Å². The zero-order valence-corrected chi connectivity index (χ0v) is 12.6. The van der Waals surface area contributed by atoms with E-state index in [0.29, 0.717) is 13.0 Å². The van der Waals surface area contributed by atoms with Crippen molar-refractivity contribution < 1.29 is 4.79 Å². The summed E-state index contributed by atoms with van der Waals surface area (Å²) in [5.41, 5.74) is 5.82. The Hall–Kier alpha value is -1.73. The molecule has 0 saturated carbocycles. The van der Waals surface area contributed by atoms with E-state index in [1.807, 2.05) is 24.3 Å². The second-order valence-electron chi connectivity index (χ2n) is 4.65. The first-order valence-electron chi connectivity index (χ1n) is 6.17. The first-order chi connectivity index (χ1) is 9.50. The molecule has 2 aromatic rings. The highest BCUT2D eigenvalue weighted by Crippen LogP contribution is 2.20. The molecule has 1 unspecified atom stereocenters. The molecule has 20 heavy (non-hydrogen) atoms. The lowest BCUT2D eigenvalue weighted by Gasteiger charge is -2.24. The number of H-pyrrole nitrogens is 1. The lowest BCUT2D eigenvalue weighted by molar-refractivity contribution is -0.126. The van der Waals surface area contributed by atoms with Gasteiger partial charge < -0.3 is 11.1 Å². The Morgan fingerprint density at radius 2 is 2.15 bits per heavy atom. The fourth-order valence-corrected chi connectivity index (χ4v) is 2.02. The van der Waals surface area contributed by atoms with Crippen LogP contribution in [-0.2, 0) is 16.8 Å². The highest BCUT2D eigenvalue weighted by atomic mass is 79.9. The molecule has 2 rings (SSSR count). The van der Waals surface area contributed by atoms with E-state index in [-0.39, 0.29) is 5.91 Å². The molecule has 1 aromatic heterocycles. The molecule has 0 saturated heterocycles. The molecule has 0 spiro atoms. The van der Waals surface area contributed by atoms with Crippen LogP contribution in [0.4, 0.5) is 0 Å². The molecular weight excluding hydrogens is 322 g/mol. The largest absolute Gasteiger partial charge is 0.354 e. The molecule has 0 aliphatic carbocycles. The zero-order chi connectivity index (χ0) is 14.6. The molecule has 1 atom stereocenters. The van der Waals surface area contributed by atoms with E-state index in [1.54, 1.807) is 6.92 Å². The summed E-state index contributed by atoms with van der Waals surface area (Å²) in [5.74, 6) is 0.506. The number of rotatable bonds is 5. The minimum absolute atomic E-state index is 0.223. The van der Waals surface area contributed by atoms with E-state index >= 15 is 0 Å². The number of hydrogen-bond acceptors (Lipinski definition) is 4. The van der Waals surface area contributed by atoms with Crippen LogP contribution < -0.4 is 11.1 Å². The summed E-state index contributed by atoms with van der Waals surface area (Å²) in [4.78, 5) is 16.2. The van der Waals surface area contributed by atoms with Crippen molar-refractivity contribution >= 4 is 21.8 Å². The Balaban J connectivity index is 1.94. The van der Waals surface area contributed by atoms with Gasteiger partial charge in [-0.05, 0) is 24.6 Å². The van der Waals surface area contributed by atoms with Gasteiger partial charge in [-0.2, -0.15) is 5.10 Å². The van der Waals surface area contributed by atoms with E-state index in [4.69, 9.17) is 5.73 Å². The molecule has 0 aliphatic heterocycles. The van der Waals surface area contributed by atoms with Gasteiger partial charge in [-0.25, -0.2) is 4.98 Å². The molecule has 1 heterocycles. The average molecular weight is 338 g/mol. The Bertz CT molecular complexity index is 565. The number of nitrogens with two attached hydrogens (primary N) is 1. The highest BCUT2D eigenvalue weighted by Gasteiger charge is 2.30. The number of hydrogen-bond donors (Lipinski definition) is 3. The van der Waals surface area contributed by atoms with Crippen molar-refractivity contribution in [3.05, 3.63) is 46.5 Å². The van der Waals surface area contributed by atoms with Gasteiger partial charge in [0.25, 0.3) is 0 Å². The quantitative estimate of drug-likeness (QED) is 0.761. The molecule has 0 radical (unpaired) electrons. The van der Waals surface area contributed by atoms with E-state index in [1.165, 1.54) is 6.33 Å². The van der Waals surface area contributed by atoms with Gasteiger partial charge in [0.1, 0.15) is 17.7 Å². The standard InChI is InChI=1S/C13H16BrN5O/c1-13(15,9-2-4-10(14)5-3-9)12(20)16-7-6-11-17-8-18-19-11/h2-5,8H,6-7,15H2,1H3,(H,16,20)(H,17,18,19). The maximum absolute atomic E-state index is 12.2. The van der Waals surface area contributed by atoms with Crippen LogP contribution in [0.15, 0.2) is 35.1 Å². The normalized spacial score (nSPS) is 13.8. The van der Waals surface area contributed by atoms with Crippen molar-refractivity contribution in [3.8, 4) is 0 Å². The van der Waals surface area contributed by atoms with Gasteiger partial charge in [0.2, 0.25) is 5.91 Å². The van der Waals surface area contributed by atoms with Crippen molar-refractivity contribution in [2.24, 2.45) is 5.73 Å². The fourth-order valence-electron chi connectivity index (χ4n) is 1.76. The van der Waals surface area contributed by atoms with Crippen molar-refractivity contribution in [2.75, 3.05) is 6.54 Å². The molecule has 106 valence electrons. The fraction of sp³-hybridized carbons (Fsp3) is 0.308. The van der Waals surface area contributed by atoms with E-state index < -0.39 is 5.54 Å². The van der Waals surface area contributed by atoms with Crippen LogP contribution in [-0.4, -0.2) is 27.6 Å². The number of nitrogens with one attached hydrogen (secondary N) is 2. The molecule has 7 heteroatoms. The maximum atomic E-state index is 12.2. The maximum Gasteiger partial charge on any atom is 0.244 e. The smallest absolute Gasteiger partial charge is 0.244 e. The second kappa shape index (κ2) is 6.15. The van der Waals surface area contributed by atoms with Gasteiger partial charge in [-0.1, -0.05) is 28.1 Å². The molecule has 1 aromatic carbocycles. The Labute approximate surface area is 125 Å². The average Bonchev–Trinajstić information content (AvgIpc) is 2.92. The third-order valence-electron chi connectivity index (χ3n) is 3.03. The molecule has 0 aliphatic rings. The number of amides is 1. The monoisotopic (exact) mass is 337 g/mol. The predicted molar refractivity (Wildman–Crippen MR) is 78.8 cm³/mol. The van der Waals surface area contributed by atoms with E-state index in [9.17, 15) is 4.79 Å². The predicted octanol–water partition coefficient (Wildman–Crippen LogP) is 1.10. The SMILES string of the molecule is CC(N)(C(=O)NCCc1ncn[nH]1)c1ccc(Br)cc1. The third-order valence-corrected chi connectivity index (χ3v) is 3.56. The van der Waals surface area contributed by atoms with Crippen molar-refractivity contribution in [3.63, 3.8) is 0 Å². The van der Waals surface area contributed by atoms with Crippen LogP contribution in [0.25, 0.3) is 0 Å². The summed E-state index contributed by atoms with van der Waals surface area (Å²) in [6.07, 6.45) is 2.02. The Morgan fingerprint density at radius 1 is 1.45 bits per heavy atom. The number of benzene rings is 1. The van der Waals surface area contributed by atoms with Gasteiger partial charge in [0, 0.05) is 17.4 Å². The van der Waals surface area contributed by atoms with Crippen LogP contribution in [0.2, 0.25) is 0 Å². The molecule has 4 N–H and O–H groups in total. The lowest BCUT2D eigenvalue weighted by Crippen LogP contribution is -2.49. The summed E-state index contributed by atoms with van der Waals surface area (Å²) < 4.78 is 0.947. The summed E-state index contributed by atoms with van der Waals surface area (Å²) >= 11 is 3.36. The van der Waals surface area contributed by atoms with Crippen LogP contribution >= 0.6 is 15.9 Å². The summed E-state index contributed by atoms with van der Waals surface area (Å²) in [5, 5.41) is 9.30. The molecule has 1 amide bonds. The number of carbonyl (C=O) groups is 1. The van der Waals surface area contributed by atoms with Gasteiger partial charge in [-0.15, -0.1) is 0 Å². The summed E-state index contributed by atoms with van der Waals surface area (Å²) in [6, 6.07) is 7.39. The van der Waals surface area contributed by atoms with Crippen LogP contribution in [0.5, 0.6) is 0 Å². The van der Waals surface area contributed by atoms with Gasteiger partial charge in [-0.3, -0.25) is 9.89 Å². The Kier molecular flexibility index (Phi) is 4.51. The molecule has 0 fully saturated rings. The summed E-state index contributed by atoms with van der Waals surface area (Å²) in [7, 11) is 0. The highest BCUT2D eigenvalue weighted by molar-refractivity contribution is 9.10. The van der Waals surface area contributed by atoms with Crippen molar-refractivity contribution in [2.45, 2.75) is 18.9 Å². The number of aromatic nitrogens is 3. The number of carbonyl (C=O) groups excluding carboxylic acids is 1. The number of nitrogens with zero attached hydrogens (tertiary/aromatic N) is 2.